The average molecular weight is 258 g/mol. The Kier molecular flexibility index (Phi) is 9.69. The van der Waals surface area contributed by atoms with Crippen LogP contribution >= 0.6 is 0 Å². The van der Waals surface area contributed by atoms with E-state index in [1.165, 1.54) is 0 Å². The lowest BCUT2D eigenvalue weighted by Crippen LogP contribution is -2.38. The molecule has 5 heteroatoms. The highest BCUT2D eigenvalue weighted by Crippen LogP contribution is 2.01. The second-order valence-corrected chi connectivity index (χ2v) is 4.54. The molecule has 0 rings (SSSR count). The van der Waals surface area contributed by atoms with Gasteiger partial charge in [0.25, 0.3) is 0 Å². The van der Waals surface area contributed by atoms with Gasteiger partial charge in [-0.1, -0.05) is 0 Å². The maximum Gasteiger partial charge on any atom is 0.191 e. The molecule has 1 atom stereocenters. The molecule has 0 spiro atoms. The molecule has 1 unspecified atom stereocenters. The number of hydrogen-bond donors (Lipinski definition) is 1. The standard InChI is InChI=1S/C13H30N4O/c1-6-17(7-2)13(14)15-11-12(18-8-3)9-10-16(4)5/h12H,6-11H2,1-5H3,(H2,14,15). The molecule has 0 saturated carbocycles. The van der Waals surface area contributed by atoms with Crippen molar-refractivity contribution in [1.82, 2.24) is 9.80 Å². The van der Waals surface area contributed by atoms with Gasteiger partial charge in [0.05, 0.1) is 12.6 Å². The zero-order chi connectivity index (χ0) is 14.0. The monoisotopic (exact) mass is 258 g/mol. The van der Waals surface area contributed by atoms with Gasteiger partial charge >= 0.3 is 0 Å². The van der Waals surface area contributed by atoms with E-state index in [0.717, 1.165) is 32.7 Å². The summed E-state index contributed by atoms with van der Waals surface area (Å²) in [4.78, 5) is 8.65. The van der Waals surface area contributed by atoms with Gasteiger partial charge in [0.15, 0.2) is 5.96 Å². The number of nitrogens with two attached hydrogens (primary N) is 1. The van der Waals surface area contributed by atoms with Crippen LogP contribution in [-0.2, 0) is 4.74 Å². The molecule has 5 nitrogen and oxygen atoms in total. The first-order chi connectivity index (χ1) is 8.54. The maximum atomic E-state index is 5.95. The summed E-state index contributed by atoms with van der Waals surface area (Å²) >= 11 is 0. The third-order valence-electron chi connectivity index (χ3n) is 2.85. The lowest BCUT2D eigenvalue weighted by Gasteiger charge is -2.21. The Balaban J connectivity index is 4.26. The lowest BCUT2D eigenvalue weighted by molar-refractivity contribution is 0.0581. The van der Waals surface area contributed by atoms with Crippen molar-refractivity contribution < 1.29 is 4.74 Å². The van der Waals surface area contributed by atoms with Crippen molar-refractivity contribution >= 4 is 5.96 Å². The van der Waals surface area contributed by atoms with Crippen LogP contribution < -0.4 is 5.73 Å². The second-order valence-electron chi connectivity index (χ2n) is 4.54. The minimum atomic E-state index is 0.159. The Morgan fingerprint density at radius 3 is 2.28 bits per heavy atom. The normalized spacial score (nSPS) is 14.0. The van der Waals surface area contributed by atoms with E-state index in [1.54, 1.807) is 0 Å². The summed E-state index contributed by atoms with van der Waals surface area (Å²) < 4.78 is 5.68. The largest absolute Gasteiger partial charge is 0.377 e. The van der Waals surface area contributed by atoms with Gasteiger partial charge in [0, 0.05) is 26.2 Å². The maximum absolute atomic E-state index is 5.95. The van der Waals surface area contributed by atoms with Crippen LogP contribution in [-0.4, -0.2) is 68.7 Å². The van der Waals surface area contributed by atoms with E-state index in [2.05, 4.69) is 42.7 Å². The predicted molar refractivity (Wildman–Crippen MR) is 78.0 cm³/mol. The molecule has 0 aliphatic rings. The molecule has 0 aromatic rings. The Bertz CT molecular complexity index is 227. The summed E-state index contributed by atoms with van der Waals surface area (Å²) in [5, 5.41) is 0. The number of ether oxygens (including phenoxy) is 1. The van der Waals surface area contributed by atoms with Crippen molar-refractivity contribution in [3.05, 3.63) is 0 Å². The van der Waals surface area contributed by atoms with Gasteiger partial charge in [-0.2, -0.15) is 0 Å². The molecule has 0 aliphatic heterocycles. The van der Waals surface area contributed by atoms with E-state index in [9.17, 15) is 0 Å². The smallest absolute Gasteiger partial charge is 0.191 e. The van der Waals surface area contributed by atoms with Gasteiger partial charge in [0.2, 0.25) is 0 Å². The van der Waals surface area contributed by atoms with Crippen LogP contribution in [0.15, 0.2) is 4.99 Å². The lowest BCUT2D eigenvalue weighted by atomic mass is 10.2. The van der Waals surface area contributed by atoms with Crippen LogP contribution in [0.5, 0.6) is 0 Å². The minimum Gasteiger partial charge on any atom is -0.377 e. The van der Waals surface area contributed by atoms with Gasteiger partial charge in [-0.05, 0) is 41.3 Å². The van der Waals surface area contributed by atoms with E-state index >= 15 is 0 Å². The molecule has 108 valence electrons. The van der Waals surface area contributed by atoms with Crippen LogP contribution in [0.4, 0.5) is 0 Å². The highest BCUT2D eigenvalue weighted by Gasteiger charge is 2.09. The van der Waals surface area contributed by atoms with Crippen molar-refractivity contribution in [2.75, 3.05) is 46.9 Å². The fraction of sp³-hybridized carbons (Fsp3) is 0.923. The first-order valence-corrected chi connectivity index (χ1v) is 6.86. The Hall–Kier alpha value is -0.810. The van der Waals surface area contributed by atoms with Crippen LogP contribution in [0.25, 0.3) is 0 Å². The fourth-order valence-corrected chi connectivity index (χ4v) is 1.71. The Morgan fingerprint density at radius 1 is 1.22 bits per heavy atom. The number of aliphatic imine (C=N–C) groups is 1. The molecule has 0 fully saturated rings. The van der Waals surface area contributed by atoms with Crippen LogP contribution in [0, 0.1) is 0 Å². The minimum absolute atomic E-state index is 0.159. The molecule has 18 heavy (non-hydrogen) atoms. The summed E-state index contributed by atoms with van der Waals surface area (Å²) in [7, 11) is 4.13. The van der Waals surface area contributed by atoms with Gasteiger partial charge in [-0.25, -0.2) is 0 Å². The number of guanidine groups is 1. The Morgan fingerprint density at radius 2 is 1.83 bits per heavy atom. The fourth-order valence-electron chi connectivity index (χ4n) is 1.71. The molecule has 0 aromatic carbocycles. The van der Waals surface area contributed by atoms with Crippen molar-refractivity contribution in [3.63, 3.8) is 0 Å². The summed E-state index contributed by atoms with van der Waals surface area (Å²) in [6.45, 7) is 10.3. The van der Waals surface area contributed by atoms with Crippen molar-refractivity contribution in [3.8, 4) is 0 Å². The van der Waals surface area contributed by atoms with E-state index in [1.807, 2.05) is 6.92 Å². The van der Waals surface area contributed by atoms with Gasteiger partial charge < -0.3 is 20.3 Å². The number of hydrogen-bond acceptors (Lipinski definition) is 3. The van der Waals surface area contributed by atoms with E-state index < -0.39 is 0 Å². The van der Waals surface area contributed by atoms with E-state index in [4.69, 9.17) is 10.5 Å². The molecule has 2 N–H and O–H groups in total. The van der Waals surface area contributed by atoms with Gasteiger partial charge in [-0.3, -0.25) is 4.99 Å². The molecule has 0 aromatic heterocycles. The van der Waals surface area contributed by atoms with E-state index in [0.29, 0.717) is 12.5 Å². The summed E-state index contributed by atoms with van der Waals surface area (Å²) in [5.41, 5.74) is 5.95. The zero-order valence-electron chi connectivity index (χ0n) is 12.6. The summed E-state index contributed by atoms with van der Waals surface area (Å²) in [6.07, 6.45) is 1.14. The average Bonchev–Trinajstić information content (AvgIpc) is 2.34. The van der Waals surface area contributed by atoms with Gasteiger partial charge in [0.1, 0.15) is 0 Å². The molecular weight excluding hydrogens is 228 g/mol. The predicted octanol–water partition coefficient (Wildman–Crippen LogP) is 1.000. The van der Waals surface area contributed by atoms with Crippen LogP contribution in [0.3, 0.4) is 0 Å². The highest BCUT2D eigenvalue weighted by molar-refractivity contribution is 5.77. The topological polar surface area (TPSA) is 54.1 Å². The molecule has 0 radical (unpaired) electrons. The molecule has 0 heterocycles. The molecule has 0 saturated heterocycles. The molecule has 0 bridgehead atoms. The summed E-state index contributed by atoms with van der Waals surface area (Å²) in [5.74, 6) is 0.620. The zero-order valence-corrected chi connectivity index (χ0v) is 12.6. The second kappa shape index (κ2) is 10.1. The quantitative estimate of drug-likeness (QED) is 0.495. The molecular formula is C13H30N4O. The SMILES string of the molecule is CCOC(CCN(C)C)CN=C(N)N(CC)CC. The van der Waals surface area contributed by atoms with Crippen molar-refractivity contribution in [2.45, 2.75) is 33.3 Å². The number of nitrogens with zero attached hydrogens (tertiary/aromatic N) is 3. The third kappa shape index (κ3) is 7.50. The van der Waals surface area contributed by atoms with Crippen LogP contribution in [0.1, 0.15) is 27.2 Å². The Labute approximate surface area is 112 Å². The number of rotatable bonds is 9. The first kappa shape index (κ1) is 17.2. The van der Waals surface area contributed by atoms with Crippen LogP contribution in [0.2, 0.25) is 0 Å². The van der Waals surface area contributed by atoms with E-state index in [-0.39, 0.29) is 6.10 Å². The first-order valence-electron chi connectivity index (χ1n) is 6.86. The molecule has 0 amide bonds. The van der Waals surface area contributed by atoms with Gasteiger partial charge in [-0.15, -0.1) is 0 Å². The third-order valence-corrected chi connectivity index (χ3v) is 2.85. The molecule has 0 aliphatic carbocycles. The van der Waals surface area contributed by atoms with Crippen molar-refractivity contribution in [1.29, 1.82) is 0 Å². The summed E-state index contributed by atoms with van der Waals surface area (Å²) in [6, 6.07) is 0. The van der Waals surface area contributed by atoms with Crippen molar-refractivity contribution in [2.24, 2.45) is 10.7 Å². The highest BCUT2D eigenvalue weighted by atomic mass is 16.5.